The predicted molar refractivity (Wildman–Crippen MR) is 124 cm³/mol. The van der Waals surface area contributed by atoms with Gasteiger partial charge in [0.2, 0.25) is 0 Å². The number of fused-ring (bicyclic) bond motifs is 3. The van der Waals surface area contributed by atoms with E-state index >= 15 is 0 Å². The zero-order valence-corrected chi connectivity index (χ0v) is 18.9. The predicted octanol–water partition coefficient (Wildman–Crippen LogP) is 4.50. The van der Waals surface area contributed by atoms with E-state index < -0.39 is 5.54 Å². The number of nitrogens with two attached hydrogens (primary N) is 1. The standard InChI is InChI=1S/C26H39NO4/c1-2-3-4-5-6-7-14-31-20-9-11-21-23-15-19(12-13-26(27,17-28)18-29)8-10-22(23)25(30)24(21)16-20/h8-9,11,16,22-23,28-29H,2-7,10,12-15,17-18,27H2,1H3. The molecule has 2 unspecified atom stereocenters. The van der Waals surface area contributed by atoms with Crippen molar-refractivity contribution in [3.63, 3.8) is 0 Å². The quantitative estimate of drug-likeness (QED) is 0.317. The lowest BCUT2D eigenvalue weighted by Crippen LogP contribution is -2.47. The van der Waals surface area contributed by atoms with E-state index in [0.29, 0.717) is 13.0 Å². The molecule has 0 bridgehead atoms. The Morgan fingerprint density at radius 3 is 2.58 bits per heavy atom. The van der Waals surface area contributed by atoms with Crippen LogP contribution in [-0.4, -0.2) is 41.4 Å². The maximum absolute atomic E-state index is 13.0. The summed E-state index contributed by atoms with van der Waals surface area (Å²) in [4.78, 5) is 13.0. The van der Waals surface area contributed by atoms with Crippen LogP contribution in [0, 0.1) is 5.92 Å². The molecule has 0 saturated carbocycles. The minimum absolute atomic E-state index is 0.0193. The molecule has 5 heteroatoms. The maximum atomic E-state index is 13.0. The average molecular weight is 430 g/mol. The van der Waals surface area contributed by atoms with E-state index in [1.165, 1.54) is 37.7 Å². The molecule has 1 aromatic carbocycles. The van der Waals surface area contributed by atoms with Gasteiger partial charge in [0, 0.05) is 11.5 Å². The maximum Gasteiger partial charge on any atom is 0.167 e. The molecule has 5 nitrogen and oxygen atoms in total. The second-order valence-electron chi connectivity index (χ2n) is 9.42. The minimum atomic E-state index is -0.941. The molecule has 0 saturated heterocycles. The first-order valence-electron chi connectivity index (χ1n) is 12.0. The summed E-state index contributed by atoms with van der Waals surface area (Å²) in [7, 11) is 0. The van der Waals surface area contributed by atoms with E-state index in [2.05, 4.69) is 19.1 Å². The van der Waals surface area contributed by atoms with Crippen molar-refractivity contribution in [1.82, 2.24) is 0 Å². The summed E-state index contributed by atoms with van der Waals surface area (Å²) in [5.41, 5.74) is 8.30. The number of Topliss-reactive ketones (excluding diaryl/α,β-unsaturated/α-hetero) is 1. The Balaban J connectivity index is 1.55. The fraction of sp³-hybridized carbons (Fsp3) is 0.654. The Kier molecular flexibility index (Phi) is 8.70. The van der Waals surface area contributed by atoms with Gasteiger partial charge >= 0.3 is 0 Å². The molecule has 0 heterocycles. The molecule has 0 fully saturated rings. The highest BCUT2D eigenvalue weighted by Gasteiger charge is 2.41. The molecule has 0 radical (unpaired) electrons. The number of ether oxygens (including phenoxy) is 1. The average Bonchev–Trinajstić information content (AvgIpc) is 3.08. The van der Waals surface area contributed by atoms with Gasteiger partial charge in [0.05, 0.1) is 25.4 Å². The van der Waals surface area contributed by atoms with E-state index in [4.69, 9.17) is 10.5 Å². The highest BCUT2D eigenvalue weighted by molar-refractivity contribution is 6.03. The van der Waals surface area contributed by atoms with Gasteiger partial charge in [0.25, 0.3) is 0 Å². The van der Waals surface area contributed by atoms with Crippen LogP contribution < -0.4 is 10.5 Å². The van der Waals surface area contributed by atoms with Gasteiger partial charge < -0.3 is 20.7 Å². The fourth-order valence-corrected chi connectivity index (χ4v) is 4.84. The SMILES string of the molecule is CCCCCCCCOc1ccc2c(c1)C(=O)C1CC=C(CCC(N)(CO)CO)CC21. The number of allylic oxidation sites excluding steroid dienone is 2. The Labute approximate surface area is 186 Å². The summed E-state index contributed by atoms with van der Waals surface area (Å²) in [5, 5.41) is 18.8. The summed E-state index contributed by atoms with van der Waals surface area (Å²) in [6, 6.07) is 6.02. The van der Waals surface area contributed by atoms with Crippen LogP contribution in [0.3, 0.4) is 0 Å². The van der Waals surface area contributed by atoms with E-state index in [1.54, 1.807) is 0 Å². The number of rotatable bonds is 13. The van der Waals surface area contributed by atoms with Crippen LogP contribution in [0.25, 0.3) is 0 Å². The third-order valence-corrected chi connectivity index (χ3v) is 7.00. The molecule has 0 aliphatic heterocycles. The van der Waals surface area contributed by atoms with E-state index in [0.717, 1.165) is 42.6 Å². The van der Waals surface area contributed by atoms with E-state index in [-0.39, 0.29) is 30.8 Å². The number of hydrogen-bond donors (Lipinski definition) is 3. The Hall–Kier alpha value is -1.69. The normalized spacial score (nSPS) is 20.4. The third-order valence-electron chi connectivity index (χ3n) is 7.00. The molecular weight excluding hydrogens is 390 g/mol. The fourth-order valence-electron chi connectivity index (χ4n) is 4.84. The molecule has 2 atom stereocenters. The Morgan fingerprint density at radius 2 is 1.84 bits per heavy atom. The second-order valence-corrected chi connectivity index (χ2v) is 9.42. The smallest absolute Gasteiger partial charge is 0.167 e. The molecular formula is C26H39NO4. The highest BCUT2D eigenvalue weighted by Crippen LogP contribution is 2.47. The number of carbonyl (C=O) groups excluding carboxylic acids is 1. The van der Waals surface area contributed by atoms with Gasteiger partial charge in [-0.15, -0.1) is 0 Å². The number of aliphatic hydroxyl groups excluding tert-OH is 2. The van der Waals surface area contributed by atoms with Crippen LogP contribution in [0.4, 0.5) is 0 Å². The van der Waals surface area contributed by atoms with Crippen LogP contribution in [0.1, 0.15) is 93.0 Å². The molecule has 0 spiro atoms. The van der Waals surface area contributed by atoms with Gasteiger partial charge in [0.15, 0.2) is 5.78 Å². The van der Waals surface area contributed by atoms with E-state index in [9.17, 15) is 15.0 Å². The minimum Gasteiger partial charge on any atom is -0.494 e. The largest absolute Gasteiger partial charge is 0.494 e. The summed E-state index contributed by atoms with van der Waals surface area (Å²) in [6.07, 6.45) is 12.4. The zero-order valence-electron chi connectivity index (χ0n) is 18.9. The van der Waals surface area contributed by atoms with Crippen molar-refractivity contribution in [3.8, 4) is 5.75 Å². The van der Waals surface area contributed by atoms with Gasteiger partial charge in [-0.05, 0) is 55.7 Å². The van der Waals surface area contributed by atoms with Crippen LogP contribution in [0.15, 0.2) is 29.8 Å². The van der Waals surface area contributed by atoms with Crippen molar-refractivity contribution in [2.45, 2.75) is 82.6 Å². The van der Waals surface area contributed by atoms with Gasteiger partial charge in [-0.2, -0.15) is 0 Å². The van der Waals surface area contributed by atoms with Crippen LogP contribution in [0.2, 0.25) is 0 Å². The molecule has 31 heavy (non-hydrogen) atoms. The van der Waals surface area contributed by atoms with Crippen molar-refractivity contribution in [3.05, 3.63) is 41.0 Å². The lowest BCUT2D eigenvalue weighted by Gasteiger charge is -2.29. The second kappa shape index (κ2) is 11.3. The van der Waals surface area contributed by atoms with Gasteiger partial charge in [-0.1, -0.05) is 56.7 Å². The molecule has 0 aromatic heterocycles. The number of unbranched alkanes of at least 4 members (excludes halogenated alkanes) is 5. The number of ketones is 1. The molecule has 0 amide bonds. The Bertz CT molecular complexity index is 769. The van der Waals surface area contributed by atoms with Gasteiger partial charge in [0.1, 0.15) is 5.75 Å². The molecule has 1 aromatic rings. The zero-order chi connectivity index (χ0) is 22.3. The Morgan fingerprint density at radius 1 is 1.10 bits per heavy atom. The summed E-state index contributed by atoms with van der Waals surface area (Å²) < 4.78 is 5.93. The van der Waals surface area contributed by atoms with Crippen LogP contribution >= 0.6 is 0 Å². The first kappa shape index (κ1) is 24.0. The molecule has 2 aliphatic rings. The molecule has 172 valence electrons. The first-order valence-corrected chi connectivity index (χ1v) is 12.0. The number of benzene rings is 1. The number of carbonyl (C=O) groups is 1. The number of hydrogen-bond acceptors (Lipinski definition) is 5. The third kappa shape index (κ3) is 5.97. The summed E-state index contributed by atoms with van der Waals surface area (Å²) >= 11 is 0. The van der Waals surface area contributed by atoms with Gasteiger partial charge in [-0.25, -0.2) is 0 Å². The van der Waals surface area contributed by atoms with Crippen molar-refractivity contribution >= 4 is 5.78 Å². The van der Waals surface area contributed by atoms with Crippen molar-refractivity contribution < 1.29 is 19.7 Å². The van der Waals surface area contributed by atoms with Gasteiger partial charge in [-0.3, -0.25) is 4.79 Å². The van der Waals surface area contributed by atoms with Crippen molar-refractivity contribution in [1.29, 1.82) is 0 Å². The van der Waals surface area contributed by atoms with Crippen LogP contribution in [-0.2, 0) is 0 Å². The molecule has 4 N–H and O–H groups in total. The van der Waals surface area contributed by atoms with Crippen molar-refractivity contribution in [2.75, 3.05) is 19.8 Å². The summed E-state index contributed by atoms with van der Waals surface area (Å²) in [6.45, 7) is 2.47. The highest BCUT2D eigenvalue weighted by atomic mass is 16.5. The molecule has 3 rings (SSSR count). The summed E-state index contributed by atoms with van der Waals surface area (Å²) in [5.74, 6) is 1.27. The van der Waals surface area contributed by atoms with Crippen molar-refractivity contribution in [2.24, 2.45) is 11.7 Å². The first-order chi connectivity index (χ1) is 15.0. The lowest BCUT2D eigenvalue weighted by molar-refractivity contribution is 0.0919. The van der Waals surface area contributed by atoms with E-state index in [1.807, 2.05) is 12.1 Å². The monoisotopic (exact) mass is 429 g/mol. The molecule has 2 aliphatic carbocycles. The number of aliphatic hydroxyl groups is 2. The van der Waals surface area contributed by atoms with Crippen LogP contribution in [0.5, 0.6) is 5.75 Å². The topological polar surface area (TPSA) is 92.8 Å². The lowest BCUT2D eigenvalue weighted by atomic mass is 9.77.